The van der Waals surface area contributed by atoms with E-state index >= 15 is 0 Å². The van der Waals surface area contributed by atoms with Crippen LogP contribution in [0, 0.1) is 0 Å². The fourth-order valence-electron chi connectivity index (χ4n) is 3.45. The van der Waals surface area contributed by atoms with Crippen LogP contribution in [0.5, 0.6) is 0 Å². The summed E-state index contributed by atoms with van der Waals surface area (Å²) in [5, 5.41) is 5.96. The van der Waals surface area contributed by atoms with Crippen LogP contribution in [0.2, 0.25) is 5.02 Å². The van der Waals surface area contributed by atoms with Gasteiger partial charge in [0.2, 0.25) is 0 Å². The van der Waals surface area contributed by atoms with Crippen LogP contribution in [-0.2, 0) is 4.79 Å². The van der Waals surface area contributed by atoms with Gasteiger partial charge in [-0.05, 0) is 71.8 Å². The first-order chi connectivity index (χ1) is 18.0. The van der Waals surface area contributed by atoms with Crippen LogP contribution in [0.1, 0.15) is 31.8 Å². The molecule has 2 N–H and O–H groups in total. The molecular formula is C31H23ClN2O3. The van der Waals surface area contributed by atoms with Crippen LogP contribution in [-0.4, -0.2) is 17.6 Å². The first-order valence-electron chi connectivity index (χ1n) is 11.5. The third kappa shape index (κ3) is 7.37. The first-order valence-corrected chi connectivity index (χ1v) is 11.9. The average Bonchev–Trinajstić information content (AvgIpc) is 2.93. The summed E-state index contributed by atoms with van der Waals surface area (Å²) in [5.74, 6) is -1.10. The Morgan fingerprint density at radius 3 is 2.00 bits per heavy atom. The minimum absolute atomic E-state index is 0.0436. The molecule has 0 aromatic heterocycles. The van der Waals surface area contributed by atoms with Gasteiger partial charge in [0.05, 0.1) is 0 Å². The normalized spacial score (nSPS) is 11.2. The van der Waals surface area contributed by atoms with Crippen LogP contribution in [0.25, 0.3) is 12.2 Å². The quantitative estimate of drug-likeness (QED) is 0.207. The van der Waals surface area contributed by atoms with E-state index in [9.17, 15) is 14.4 Å². The molecule has 0 saturated carbocycles. The van der Waals surface area contributed by atoms with Crippen LogP contribution < -0.4 is 10.6 Å². The van der Waals surface area contributed by atoms with Crippen molar-refractivity contribution >= 4 is 47.0 Å². The highest BCUT2D eigenvalue weighted by Crippen LogP contribution is 2.16. The molecule has 0 heterocycles. The summed E-state index contributed by atoms with van der Waals surface area (Å²) in [6.07, 6.45) is 4.81. The van der Waals surface area contributed by atoms with Gasteiger partial charge in [0, 0.05) is 21.8 Å². The van der Waals surface area contributed by atoms with E-state index in [-0.39, 0.29) is 11.5 Å². The van der Waals surface area contributed by atoms with Crippen LogP contribution in [0.4, 0.5) is 5.69 Å². The highest BCUT2D eigenvalue weighted by atomic mass is 35.5. The second-order valence-corrected chi connectivity index (χ2v) is 8.51. The molecule has 0 radical (unpaired) electrons. The van der Waals surface area contributed by atoms with E-state index in [0.29, 0.717) is 27.4 Å². The number of benzene rings is 4. The van der Waals surface area contributed by atoms with Gasteiger partial charge in [-0.25, -0.2) is 0 Å². The summed E-state index contributed by atoms with van der Waals surface area (Å²) in [5.41, 5.74) is 2.99. The Morgan fingerprint density at radius 2 is 1.32 bits per heavy atom. The maximum absolute atomic E-state index is 13.1. The van der Waals surface area contributed by atoms with E-state index in [1.807, 2.05) is 30.3 Å². The molecule has 4 aromatic rings. The number of allylic oxidation sites excluding steroid dienone is 1. The molecule has 182 valence electrons. The van der Waals surface area contributed by atoms with Crippen molar-refractivity contribution in [3.63, 3.8) is 0 Å². The number of carbonyl (C=O) groups excluding carboxylic acids is 3. The maximum atomic E-state index is 13.1. The lowest BCUT2D eigenvalue weighted by atomic mass is 10.1. The number of nitrogens with one attached hydrogen (secondary N) is 2. The molecule has 2 amide bonds. The Kier molecular flexibility index (Phi) is 8.42. The van der Waals surface area contributed by atoms with Gasteiger partial charge in [-0.2, -0.15) is 0 Å². The standard InChI is InChI=1S/C31H23ClN2O3/c32-26-13-7-10-23(20-26)21-28(34-30(36)25-11-5-2-6-12-25)31(37)33-27-17-15-24(16-18-27)29(35)19-14-22-8-3-1-4-9-22/h1-21H,(H,33,37)(H,34,36)/b19-14+,28-21-. The van der Waals surface area contributed by atoms with Crippen molar-refractivity contribution in [2.45, 2.75) is 0 Å². The number of hydrogen-bond donors (Lipinski definition) is 2. The Labute approximate surface area is 220 Å². The SMILES string of the molecule is O=C(Nc1ccc(C(=O)/C=C/c2ccccc2)cc1)/C(=C/c1cccc(Cl)c1)NC(=O)c1ccccc1. The molecule has 0 bridgehead atoms. The minimum atomic E-state index is -0.521. The summed E-state index contributed by atoms with van der Waals surface area (Å²) in [6.45, 7) is 0. The molecule has 0 saturated heterocycles. The van der Waals surface area contributed by atoms with Gasteiger partial charge >= 0.3 is 0 Å². The fourth-order valence-corrected chi connectivity index (χ4v) is 3.65. The van der Waals surface area contributed by atoms with Gasteiger partial charge in [-0.15, -0.1) is 0 Å². The number of hydrogen-bond acceptors (Lipinski definition) is 3. The predicted octanol–water partition coefficient (Wildman–Crippen LogP) is 6.65. The number of carbonyl (C=O) groups is 3. The molecule has 0 aliphatic heterocycles. The van der Waals surface area contributed by atoms with Crippen LogP contribution >= 0.6 is 11.6 Å². The molecular weight excluding hydrogens is 484 g/mol. The number of anilines is 1. The van der Waals surface area contributed by atoms with Crippen molar-refractivity contribution < 1.29 is 14.4 Å². The number of rotatable bonds is 8. The second kappa shape index (κ2) is 12.3. The predicted molar refractivity (Wildman–Crippen MR) is 148 cm³/mol. The summed E-state index contributed by atoms with van der Waals surface area (Å²) in [4.78, 5) is 38.4. The fraction of sp³-hybridized carbons (Fsp3) is 0. The lowest BCUT2D eigenvalue weighted by Crippen LogP contribution is -2.30. The maximum Gasteiger partial charge on any atom is 0.272 e. The molecule has 0 aliphatic rings. The lowest BCUT2D eigenvalue weighted by molar-refractivity contribution is -0.113. The van der Waals surface area contributed by atoms with E-state index in [1.165, 1.54) is 6.08 Å². The van der Waals surface area contributed by atoms with Gasteiger partial charge in [-0.1, -0.05) is 78.3 Å². The summed E-state index contributed by atoms with van der Waals surface area (Å²) in [6, 6.07) is 31.6. The first kappa shape index (κ1) is 25.4. The van der Waals surface area contributed by atoms with Crippen LogP contribution in [0.15, 0.2) is 121 Å². The largest absolute Gasteiger partial charge is 0.321 e. The summed E-state index contributed by atoms with van der Waals surface area (Å²) in [7, 11) is 0. The molecule has 0 fully saturated rings. The topological polar surface area (TPSA) is 75.3 Å². The van der Waals surface area contributed by atoms with Crippen molar-refractivity contribution in [2.75, 3.05) is 5.32 Å². The zero-order valence-corrected chi connectivity index (χ0v) is 20.5. The molecule has 4 aromatic carbocycles. The van der Waals surface area contributed by atoms with E-state index in [1.54, 1.807) is 91.0 Å². The van der Waals surface area contributed by atoms with E-state index in [4.69, 9.17) is 11.6 Å². The number of amides is 2. The Hall–Kier alpha value is -4.74. The Morgan fingerprint density at radius 1 is 0.676 bits per heavy atom. The van der Waals surface area contributed by atoms with E-state index < -0.39 is 11.8 Å². The Balaban J connectivity index is 1.50. The molecule has 37 heavy (non-hydrogen) atoms. The van der Waals surface area contributed by atoms with Gasteiger partial charge in [0.15, 0.2) is 5.78 Å². The molecule has 0 spiro atoms. The van der Waals surface area contributed by atoms with Crippen molar-refractivity contribution in [1.29, 1.82) is 0 Å². The molecule has 4 rings (SSSR count). The van der Waals surface area contributed by atoms with Crippen LogP contribution in [0.3, 0.4) is 0 Å². The molecule has 6 heteroatoms. The lowest BCUT2D eigenvalue weighted by Gasteiger charge is -2.12. The highest BCUT2D eigenvalue weighted by Gasteiger charge is 2.15. The number of halogens is 1. The second-order valence-electron chi connectivity index (χ2n) is 8.07. The van der Waals surface area contributed by atoms with Gasteiger partial charge in [-0.3, -0.25) is 14.4 Å². The minimum Gasteiger partial charge on any atom is -0.321 e. The van der Waals surface area contributed by atoms with E-state index in [0.717, 1.165) is 5.56 Å². The molecule has 0 unspecified atom stereocenters. The van der Waals surface area contributed by atoms with Gasteiger partial charge in [0.1, 0.15) is 5.70 Å². The summed E-state index contributed by atoms with van der Waals surface area (Å²) < 4.78 is 0. The van der Waals surface area contributed by atoms with Crippen molar-refractivity contribution in [1.82, 2.24) is 5.32 Å². The molecule has 0 aliphatic carbocycles. The Bertz CT molecular complexity index is 1460. The third-order valence-electron chi connectivity index (χ3n) is 5.34. The van der Waals surface area contributed by atoms with Gasteiger partial charge in [0.25, 0.3) is 11.8 Å². The van der Waals surface area contributed by atoms with Crippen molar-refractivity contribution in [3.8, 4) is 0 Å². The monoisotopic (exact) mass is 506 g/mol. The highest BCUT2D eigenvalue weighted by molar-refractivity contribution is 6.30. The zero-order chi connectivity index (χ0) is 26.0. The van der Waals surface area contributed by atoms with Crippen molar-refractivity contribution in [3.05, 3.63) is 148 Å². The van der Waals surface area contributed by atoms with Gasteiger partial charge < -0.3 is 10.6 Å². The molecule has 0 atom stereocenters. The third-order valence-corrected chi connectivity index (χ3v) is 5.58. The molecule has 5 nitrogen and oxygen atoms in total. The summed E-state index contributed by atoms with van der Waals surface area (Å²) >= 11 is 6.09. The van der Waals surface area contributed by atoms with Crippen molar-refractivity contribution in [2.24, 2.45) is 0 Å². The average molecular weight is 507 g/mol. The number of ketones is 1. The van der Waals surface area contributed by atoms with E-state index in [2.05, 4.69) is 10.6 Å². The smallest absolute Gasteiger partial charge is 0.272 e. The zero-order valence-electron chi connectivity index (χ0n) is 19.7.